The van der Waals surface area contributed by atoms with E-state index in [1.54, 1.807) is 0 Å². The Morgan fingerprint density at radius 1 is 0.857 bits per heavy atom. The Labute approximate surface area is 92.8 Å². The second kappa shape index (κ2) is 12.8. The van der Waals surface area contributed by atoms with Crippen LogP contribution in [-0.4, -0.2) is 33.9 Å². The molecule has 4 nitrogen and oxygen atoms in total. The first-order valence-corrected chi connectivity index (χ1v) is 4.88. The summed E-state index contributed by atoms with van der Waals surface area (Å²) in [6.07, 6.45) is 1.93. The van der Waals surface area contributed by atoms with E-state index >= 15 is 0 Å². The first-order chi connectivity index (χ1) is 6.54. The third kappa shape index (κ3) is 22.6. The van der Waals surface area contributed by atoms with Crippen LogP contribution in [0.4, 0.5) is 0 Å². The van der Waals surface area contributed by atoms with Gasteiger partial charge in [-0.2, -0.15) is 0 Å². The molecule has 0 radical (unpaired) electrons. The number of halogens is 2. The first-order valence-electron chi connectivity index (χ1n) is 4.13. The van der Waals surface area contributed by atoms with Crippen molar-refractivity contribution in [3.05, 3.63) is 0 Å². The molecule has 0 aliphatic heterocycles. The Balaban J connectivity index is 0. The molecular formula is C8H14Cl2O4. The predicted octanol–water partition coefficient (Wildman–Crippen LogP) is 1.05. The summed E-state index contributed by atoms with van der Waals surface area (Å²) in [5, 5.41) is 14.5. The molecule has 2 N–H and O–H groups in total. The standard InChI is InChI=1S/C6H8Cl2O2.C2H6O2/c7-5(9)3-1-2-4-6(8)10;3-1-2-4/h1-4H2;3-4H,1-2H2. The third-order valence-corrected chi connectivity index (χ3v) is 1.47. The average molecular weight is 245 g/mol. The number of rotatable bonds is 6. The highest BCUT2D eigenvalue weighted by Gasteiger charge is 1.98. The van der Waals surface area contributed by atoms with E-state index < -0.39 is 0 Å². The summed E-state index contributed by atoms with van der Waals surface area (Å²) in [6, 6.07) is 0. The van der Waals surface area contributed by atoms with Crippen LogP contribution in [0.25, 0.3) is 0 Å². The molecule has 0 saturated heterocycles. The predicted molar refractivity (Wildman–Crippen MR) is 54.4 cm³/mol. The topological polar surface area (TPSA) is 74.6 Å². The van der Waals surface area contributed by atoms with Gasteiger partial charge in [-0.1, -0.05) is 0 Å². The second-order valence-corrected chi connectivity index (χ2v) is 3.21. The Morgan fingerprint density at radius 3 is 1.29 bits per heavy atom. The molecule has 0 aromatic heterocycles. The minimum atomic E-state index is -0.359. The van der Waals surface area contributed by atoms with E-state index in [0.29, 0.717) is 25.7 Å². The van der Waals surface area contributed by atoms with Gasteiger partial charge in [-0.25, -0.2) is 0 Å². The van der Waals surface area contributed by atoms with Gasteiger partial charge in [0.25, 0.3) is 0 Å². The molecule has 0 heterocycles. The molecule has 0 aliphatic rings. The molecule has 0 spiro atoms. The molecule has 0 rings (SSSR count). The molecule has 0 saturated carbocycles. The van der Waals surface area contributed by atoms with Crippen molar-refractivity contribution in [1.82, 2.24) is 0 Å². The van der Waals surface area contributed by atoms with Crippen LogP contribution in [0.3, 0.4) is 0 Å². The van der Waals surface area contributed by atoms with Crippen LogP contribution in [0, 0.1) is 0 Å². The number of carbonyl (C=O) groups is 2. The highest BCUT2D eigenvalue weighted by atomic mass is 35.5. The Hall–Kier alpha value is -0.160. The van der Waals surface area contributed by atoms with Gasteiger partial charge >= 0.3 is 0 Å². The summed E-state index contributed by atoms with van der Waals surface area (Å²) in [5.41, 5.74) is 0. The zero-order chi connectivity index (χ0) is 11.4. The van der Waals surface area contributed by atoms with Gasteiger partial charge in [-0.05, 0) is 36.0 Å². The molecular weight excluding hydrogens is 231 g/mol. The van der Waals surface area contributed by atoms with Gasteiger partial charge in [-0.3, -0.25) is 9.59 Å². The molecule has 84 valence electrons. The number of unbranched alkanes of at least 4 members (excludes halogenated alkanes) is 1. The lowest BCUT2D eigenvalue weighted by atomic mass is 10.2. The van der Waals surface area contributed by atoms with Crippen molar-refractivity contribution in [1.29, 1.82) is 0 Å². The summed E-state index contributed by atoms with van der Waals surface area (Å²) in [7, 11) is 0. The van der Waals surface area contributed by atoms with Crippen LogP contribution in [0.1, 0.15) is 25.7 Å². The van der Waals surface area contributed by atoms with Gasteiger partial charge in [0, 0.05) is 12.8 Å². The van der Waals surface area contributed by atoms with Crippen LogP contribution in [0.15, 0.2) is 0 Å². The number of hydrogen-bond donors (Lipinski definition) is 2. The fourth-order valence-electron chi connectivity index (χ4n) is 0.528. The average Bonchev–Trinajstić information content (AvgIpc) is 2.12. The zero-order valence-corrected chi connectivity index (χ0v) is 9.22. The van der Waals surface area contributed by atoms with Crippen LogP contribution >= 0.6 is 23.2 Å². The first kappa shape index (κ1) is 16.3. The lowest BCUT2D eigenvalue weighted by Crippen LogP contribution is -1.89. The number of aliphatic hydroxyl groups is 2. The van der Waals surface area contributed by atoms with E-state index in [1.807, 2.05) is 0 Å². The lowest BCUT2D eigenvalue weighted by molar-refractivity contribution is -0.113. The Morgan fingerprint density at radius 2 is 1.14 bits per heavy atom. The molecule has 0 atom stereocenters. The minimum Gasteiger partial charge on any atom is -0.394 e. The summed E-state index contributed by atoms with van der Waals surface area (Å²) in [4.78, 5) is 20.3. The molecule has 6 heteroatoms. The number of hydrogen-bond acceptors (Lipinski definition) is 4. The van der Waals surface area contributed by atoms with E-state index in [1.165, 1.54) is 0 Å². The van der Waals surface area contributed by atoms with E-state index in [9.17, 15) is 9.59 Å². The maximum atomic E-state index is 10.1. The SMILES string of the molecule is O=C(Cl)CCCCC(=O)Cl.OCCO. The fraction of sp³-hybridized carbons (Fsp3) is 0.750. The smallest absolute Gasteiger partial charge is 0.221 e. The second-order valence-electron chi connectivity index (χ2n) is 2.36. The summed E-state index contributed by atoms with van der Waals surface area (Å²) in [6.45, 7) is -0.250. The van der Waals surface area contributed by atoms with Crippen LogP contribution < -0.4 is 0 Å². The van der Waals surface area contributed by atoms with Gasteiger partial charge < -0.3 is 10.2 Å². The van der Waals surface area contributed by atoms with E-state index in [-0.39, 0.29) is 23.7 Å². The van der Waals surface area contributed by atoms with Crippen LogP contribution in [-0.2, 0) is 9.59 Å². The van der Waals surface area contributed by atoms with Gasteiger partial charge in [0.05, 0.1) is 13.2 Å². The van der Waals surface area contributed by atoms with Crippen molar-refractivity contribution in [2.75, 3.05) is 13.2 Å². The summed E-state index contributed by atoms with van der Waals surface area (Å²) < 4.78 is 0. The Bertz CT molecular complexity index is 143. The highest BCUT2D eigenvalue weighted by Crippen LogP contribution is 2.03. The molecule has 0 fully saturated rings. The van der Waals surface area contributed by atoms with Crippen LogP contribution in [0.5, 0.6) is 0 Å². The van der Waals surface area contributed by atoms with E-state index in [4.69, 9.17) is 33.4 Å². The molecule has 0 aromatic rings. The molecule has 0 aromatic carbocycles. The summed E-state index contributed by atoms with van der Waals surface area (Å²) in [5.74, 6) is 0. The van der Waals surface area contributed by atoms with Crippen molar-refractivity contribution < 1.29 is 19.8 Å². The molecule has 0 bridgehead atoms. The van der Waals surface area contributed by atoms with Crippen LogP contribution in [0.2, 0.25) is 0 Å². The van der Waals surface area contributed by atoms with Gasteiger partial charge in [0.1, 0.15) is 0 Å². The molecule has 0 unspecified atom stereocenters. The van der Waals surface area contributed by atoms with E-state index in [2.05, 4.69) is 0 Å². The van der Waals surface area contributed by atoms with E-state index in [0.717, 1.165) is 0 Å². The monoisotopic (exact) mass is 244 g/mol. The van der Waals surface area contributed by atoms with Crippen molar-refractivity contribution in [3.63, 3.8) is 0 Å². The maximum Gasteiger partial charge on any atom is 0.221 e. The third-order valence-electron chi connectivity index (χ3n) is 1.10. The molecule has 0 aliphatic carbocycles. The number of carbonyl (C=O) groups excluding carboxylic acids is 2. The van der Waals surface area contributed by atoms with Crippen molar-refractivity contribution in [2.45, 2.75) is 25.7 Å². The van der Waals surface area contributed by atoms with Crippen molar-refractivity contribution in [3.8, 4) is 0 Å². The zero-order valence-electron chi connectivity index (χ0n) is 7.71. The van der Waals surface area contributed by atoms with Crippen molar-refractivity contribution in [2.24, 2.45) is 0 Å². The maximum absolute atomic E-state index is 10.1. The number of aliphatic hydroxyl groups excluding tert-OH is 2. The van der Waals surface area contributed by atoms with Gasteiger partial charge in [-0.15, -0.1) is 0 Å². The van der Waals surface area contributed by atoms with Gasteiger partial charge in [0.2, 0.25) is 10.5 Å². The lowest BCUT2D eigenvalue weighted by Gasteiger charge is -1.91. The minimum absolute atomic E-state index is 0.125. The quantitative estimate of drug-likeness (QED) is 0.541. The fourth-order valence-corrected chi connectivity index (χ4v) is 0.795. The molecule has 14 heavy (non-hydrogen) atoms. The van der Waals surface area contributed by atoms with Gasteiger partial charge in [0.15, 0.2) is 0 Å². The largest absolute Gasteiger partial charge is 0.394 e. The van der Waals surface area contributed by atoms with Crippen molar-refractivity contribution >= 4 is 33.7 Å². The summed E-state index contributed by atoms with van der Waals surface area (Å²) >= 11 is 10.1. The molecule has 0 amide bonds. The normalized spacial score (nSPS) is 8.86. The Kier molecular flexibility index (Phi) is 14.9. The highest BCUT2D eigenvalue weighted by molar-refractivity contribution is 6.63.